The van der Waals surface area contributed by atoms with Crippen LogP contribution in [0.1, 0.15) is 12.5 Å². The molecule has 1 saturated heterocycles. The maximum atomic E-state index is 13.7. The highest BCUT2D eigenvalue weighted by atomic mass is 127. The van der Waals surface area contributed by atoms with E-state index in [0.29, 0.717) is 25.6 Å². The zero-order valence-corrected chi connectivity index (χ0v) is 19.0. The number of thioether (sulfide) groups is 1. The number of nitrogens with one attached hydrogen (secondary N) is 2. The topological polar surface area (TPSA) is 73.8 Å². The largest absolute Gasteiger partial charge is 0.357 e. The van der Waals surface area contributed by atoms with E-state index in [4.69, 9.17) is 0 Å². The Labute approximate surface area is 180 Å². The highest BCUT2D eigenvalue weighted by Gasteiger charge is 2.23. The molecule has 2 N–H and O–H groups in total. The van der Waals surface area contributed by atoms with E-state index in [1.165, 1.54) is 4.31 Å². The third-order valence-electron chi connectivity index (χ3n) is 3.78. The second-order valence-electron chi connectivity index (χ2n) is 5.69. The Morgan fingerprint density at radius 1 is 1.26 bits per heavy atom. The van der Waals surface area contributed by atoms with Crippen molar-refractivity contribution in [3.8, 4) is 0 Å². The fourth-order valence-corrected chi connectivity index (χ4v) is 4.91. The van der Waals surface area contributed by atoms with E-state index in [1.54, 1.807) is 11.8 Å². The molecule has 0 aliphatic carbocycles. The smallest absolute Gasteiger partial charge is 0.215 e. The van der Waals surface area contributed by atoms with E-state index in [9.17, 15) is 17.2 Å². The number of hydrogen-bond donors (Lipinski definition) is 2. The third-order valence-corrected chi connectivity index (χ3v) is 6.59. The standard InChI is InChI=1S/C16H24F2N4O2S2.HI/c1-2-19-16(21-12-13-11-14(17)3-4-15(13)18)20-5-10-26(23,24)22-6-8-25-9-7-22;/h3-4,11H,2,5-10,12H2,1H3,(H2,19,20,21);1H. The van der Waals surface area contributed by atoms with Crippen LogP contribution < -0.4 is 10.6 Å². The Hall–Kier alpha value is -0.660. The van der Waals surface area contributed by atoms with Gasteiger partial charge in [0.05, 0.1) is 12.3 Å². The number of rotatable bonds is 7. The lowest BCUT2D eigenvalue weighted by Gasteiger charge is -2.25. The Morgan fingerprint density at radius 3 is 2.63 bits per heavy atom. The summed E-state index contributed by atoms with van der Waals surface area (Å²) < 4.78 is 53.0. The van der Waals surface area contributed by atoms with Gasteiger partial charge in [-0.1, -0.05) is 0 Å². The lowest BCUT2D eigenvalue weighted by atomic mass is 10.2. The number of halogens is 3. The van der Waals surface area contributed by atoms with Gasteiger partial charge < -0.3 is 10.6 Å². The van der Waals surface area contributed by atoms with Crippen LogP contribution in [-0.2, 0) is 16.6 Å². The summed E-state index contributed by atoms with van der Waals surface area (Å²) in [7, 11) is -3.31. The first-order valence-corrected chi connectivity index (χ1v) is 11.2. The molecule has 1 aromatic carbocycles. The van der Waals surface area contributed by atoms with E-state index in [-0.39, 0.29) is 48.4 Å². The highest BCUT2D eigenvalue weighted by Crippen LogP contribution is 2.13. The number of benzene rings is 1. The molecule has 0 spiro atoms. The predicted molar refractivity (Wildman–Crippen MR) is 117 cm³/mol. The molecule has 1 aromatic rings. The summed E-state index contributed by atoms with van der Waals surface area (Å²) in [6.07, 6.45) is 0. The molecule has 0 aromatic heterocycles. The van der Waals surface area contributed by atoms with Crippen molar-refractivity contribution in [1.82, 2.24) is 14.9 Å². The monoisotopic (exact) mass is 534 g/mol. The van der Waals surface area contributed by atoms with Crippen molar-refractivity contribution in [2.45, 2.75) is 13.5 Å². The van der Waals surface area contributed by atoms with Gasteiger partial charge in [0.1, 0.15) is 11.6 Å². The van der Waals surface area contributed by atoms with Crippen LogP contribution in [0.4, 0.5) is 8.78 Å². The van der Waals surface area contributed by atoms with Crippen LogP contribution in [0.15, 0.2) is 23.2 Å². The molecule has 6 nitrogen and oxygen atoms in total. The normalized spacial score (nSPS) is 15.9. The molecule has 1 aliphatic rings. The van der Waals surface area contributed by atoms with Crippen molar-refractivity contribution in [2.75, 3.05) is 43.4 Å². The van der Waals surface area contributed by atoms with Gasteiger partial charge in [-0.05, 0) is 25.1 Å². The van der Waals surface area contributed by atoms with Crippen molar-refractivity contribution >= 4 is 51.7 Å². The second-order valence-corrected chi connectivity index (χ2v) is 9.00. The molecule has 1 fully saturated rings. The average molecular weight is 534 g/mol. The van der Waals surface area contributed by atoms with Crippen LogP contribution in [0.25, 0.3) is 0 Å². The SMILES string of the molecule is CCNC(=NCc1cc(F)ccc1F)NCCS(=O)(=O)N1CCSCC1.I. The number of nitrogens with zero attached hydrogens (tertiary/aromatic N) is 2. The highest BCUT2D eigenvalue weighted by molar-refractivity contribution is 14.0. The minimum absolute atomic E-state index is 0. The Kier molecular flexibility index (Phi) is 10.9. The van der Waals surface area contributed by atoms with Crippen LogP contribution in [0.5, 0.6) is 0 Å². The number of aliphatic imine (C=N–C) groups is 1. The fourth-order valence-electron chi connectivity index (χ4n) is 2.42. The van der Waals surface area contributed by atoms with Crippen LogP contribution in [-0.4, -0.2) is 62.1 Å². The van der Waals surface area contributed by atoms with E-state index in [1.807, 2.05) is 6.92 Å². The van der Waals surface area contributed by atoms with Gasteiger partial charge in [-0.15, -0.1) is 24.0 Å². The van der Waals surface area contributed by atoms with Gasteiger partial charge in [-0.25, -0.2) is 26.5 Å². The maximum Gasteiger partial charge on any atom is 0.215 e. The Balaban J connectivity index is 0.00000364. The molecule has 0 saturated carbocycles. The zero-order valence-electron chi connectivity index (χ0n) is 15.1. The van der Waals surface area contributed by atoms with Gasteiger partial charge in [-0.2, -0.15) is 11.8 Å². The van der Waals surface area contributed by atoms with Crippen molar-refractivity contribution in [3.63, 3.8) is 0 Å². The first-order valence-electron chi connectivity index (χ1n) is 8.44. The first-order chi connectivity index (χ1) is 12.4. The molecule has 0 atom stereocenters. The van der Waals surface area contributed by atoms with E-state index >= 15 is 0 Å². The minimum atomic E-state index is -3.31. The summed E-state index contributed by atoms with van der Waals surface area (Å²) in [6.45, 7) is 3.65. The molecule has 154 valence electrons. The molecule has 0 radical (unpaired) electrons. The predicted octanol–water partition coefficient (Wildman–Crippen LogP) is 2.02. The zero-order chi connectivity index (χ0) is 19.0. The Bertz CT molecular complexity index is 729. The van der Waals surface area contributed by atoms with Crippen LogP contribution in [0.3, 0.4) is 0 Å². The van der Waals surface area contributed by atoms with Gasteiger partial charge in [0.15, 0.2) is 5.96 Å². The number of hydrogen-bond acceptors (Lipinski definition) is 4. The van der Waals surface area contributed by atoms with Crippen LogP contribution >= 0.6 is 35.7 Å². The Morgan fingerprint density at radius 2 is 1.96 bits per heavy atom. The molecule has 11 heteroatoms. The second kappa shape index (κ2) is 12.0. The van der Waals surface area contributed by atoms with Crippen LogP contribution in [0.2, 0.25) is 0 Å². The fraction of sp³-hybridized carbons (Fsp3) is 0.562. The molecule has 0 amide bonds. The lowest BCUT2D eigenvalue weighted by Crippen LogP contribution is -2.44. The molecular formula is C16H25F2IN4O2S2. The summed E-state index contributed by atoms with van der Waals surface area (Å²) >= 11 is 1.75. The van der Waals surface area contributed by atoms with Crippen LogP contribution in [0, 0.1) is 11.6 Å². The summed E-state index contributed by atoms with van der Waals surface area (Å²) in [6, 6.07) is 3.21. The van der Waals surface area contributed by atoms with E-state index < -0.39 is 21.7 Å². The van der Waals surface area contributed by atoms with Gasteiger partial charge in [0.25, 0.3) is 0 Å². The van der Waals surface area contributed by atoms with Crippen molar-refractivity contribution in [2.24, 2.45) is 4.99 Å². The third kappa shape index (κ3) is 8.08. The quantitative estimate of drug-likeness (QED) is 0.318. The summed E-state index contributed by atoms with van der Waals surface area (Å²) in [5, 5.41) is 5.90. The molecule has 27 heavy (non-hydrogen) atoms. The summed E-state index contributed by atoms with van der Waals surface area (Å²) in [5.74, 6) is 0.889. The van der Waals surface area contributed by atoms with E-state index in [0.717, 1.165) is 29.7 Å². The molecular weight excluding hydrogens is 509 g/mol. The van der Waals surface area contributed by atoms with Crippen molar-refractivity contribution in [3.05, 3.63) is 35.4 Å². The molecule has 1 heterocycles. The van der Waals surface area contributed by atoms with E-state index in [2.05, 4.69) is 15.6 Å². The molecule has 1 aliphatic heterocycles. The summed E-state index contributed by atoms with van der Waals surface area (Å²) in [5.41, 5.74) is 0.139. The van der Waals surface area contributed by atoms with Gasteiger partial charge in [0, 0.05) is 43.2 Å². The van der Waals surface area contributed by atoms with Gasteiger partial charge >= 0.3 is 0 Å². The van der Waals surface area contributed by atoms with Crippen molar-refractivity contribution < 1.29 is 17.2 Å². The number of guanidine groups is 1. The maximum absolute atomic E-state index is 13.7. The molecule has 2 rings (SSSR count). The minimum Gasteiger partial charge on any atom is -0.357 e. The average Bonchev–Trinajstić information content (AvgIpc) is 2.63. The summed E-state index contributed by atoms with van der Waals surface area (Å²) in [4.78, 5) is 4.19. The lowest BCUT2D eigenvalue weighted by molar-refractivity contribution is 0.443. The first kappa shape index (κ1) is 24.4. The number of sulfonamides is 1. The van der Waals surface area contributed by atoms with Gasteiger partial charge in [-0.3, -0.25) is 0 Å². The van der Waals surface area contributed by atoms with Gasteiger partial charge in [0.2, 0.25) is 10.0 Å². The molecule has 0 bridgehead atoms. The molecule has 0 unspecified atom stereocenters. The van der Waals surface area contributed by atoms with Crippen molar-refractivity contribution in [1.29, 1.82) is 0 Å².